The first-order valence-electron chi connectivity index (χ1n) is 6.14. The highest BCUT2D eigenvalue weighted by atomic mass is 32.2. The minimum Gasteiger partial charge on any atom is -0.317 e. The Bertz CT molecular complexity index is 343. The molecule has 0 spiro atoms. The standard InChI is InChI=1S/C14H21NS/c1-11-3-4-13(12(2)9-11)10-16-14-5-7-15-8-6-14/h3-4,9,14-15H,5-8,10H2,1-2H3. The number of benzene rings is 1. The van der Waals surface area contributed by atoms with Gasteiger partial charge in [-0.1, -0.05) is 23.8 Å². The smallest absolute Gasteiger partial charge is 0.0189 e. The predicted molar refractivity (Wildman–Crippen MR) is 73.1 cm³/mol. The van der Waals surface area contributed by atoms with Crippen LogP contribution in [-0.4, -0.2) is 18.3 Å². The van der Waals surface area contributed by atoms with Crippen molar-refractivity contribution in [3.05, 3.63) is 34.9 Å². The van der Waals surface area contributed by atoms with Gasteiger partial charge in [0, 0.05) is 11.0 Å². The topological polar surface area (TPSA) is 12.0 Å². The predicted octanol–water partition coefficient (Wildman–Crippen LogP) is 3.29. The molecule has 1 aliphatic rings. The summed E-state index contributed by atoms with van der Waals surface area (Å²) in [6, 6.07) is 6.81. The van der Waals surface area contributed by atoms with Crippen LogP contribution in [0.15, 0.2) is 18.2 Å². The Balaban J connectivity index is 1.88. The molecule has 2 rings (SSSR count). The molecule has 1 aromatic rings. The maximum atomic E-state index is 3.42. The summed E-state index contributed by atoms with van der Waals surface area (Å²) in [7, 11) is 0. The van der Waals surface area contributed by atoms with Crippen LogP contribution in [0, 0.1) is 13.8 Å². The van der Waals surface area contributed by atoms with E-state index in [2.05, 4.69) is 49.1 Å². The van der Waals surface area contributed by atoms with Crippen molar-refractivity contribution in [3.63, 3.8) is 0 Å². The maximum absolute atomic E-state index is 3.42. The Morgan fingerprint density at radius 1 is 1.25 bits per heavy atom. The van der Waals surface area contributed by atoms with Gasteiger partial charge in [-0.05, 0) is 50.9 Å². The number of aryl methyl sites for hydroxylation is 2. The Kier molecular flexibility index (Phi) is 4.30. The van der Waals surface area contributed by atoms with Crippen molar-refractivity contribution in [3.8, 4) is 0 Å². The quantitative estimate of drug-likeness (QED) is 0.863. The van der Waals surface area contributed by atoms with E-state index >= 15 is 0 Å². The summed E-state index contributed by atoms with van der Waals surface area (Å²) in [5.74, 6) is 1.18. The fourth-order valence-electron chi connectivity index (χ4n) is 2.18. The van der Waals surface area contributed by atoms with Crippen LogP contribution in [0.5, 0.6) is 0 Å². The molecule has 1 heterocycles. The fraction of sp³-hybridized carbons (Fsp3) is 0.571. The zero-order chi connectivity index (χ0) is 11.4. The first-order valence-corrected chi connectivity index (χ1v) is 7.19. The van der Waals surface area contributed by atoms with Gasteiger partial charge in [0.25, 0.3) is 0 Å². The highest BCUT2D eigenvalue weighted by Gasteiger charge is 2.13. The van der Waals surface area contributed by atoms with Gasteiger partial charge in [-0.3, -0.25) is 0 Å². The van der Waals surface area contributed by atoms with Gasteiger partial charge < -0.3 is 5.32 Å². The van der Waals surface area contributed by atoms with Crippen molar-refractivity contribution >= 4 is 11.8 Å². The van der Waals surface area contributed by atoms with Crippen LogP contribution in [0.3, 0.4) is 0 Å². The molecule has 0 bridgehead atoms. The van der Waals surface area contributed by atoms with E-state index < -0.39 is 0 Å². The van der Waals surface area contributed by atoms with Gasteiger partial charge in [-0.25, -0.2) is 0 Å². The lowest BCUT2D eigenvalue weighted by atomic mass is 10.1. The molecule has 16 heavy (non-hydrogen) atoms. The largest absolute Gasteiger partial charge is 0.317 e. The molecule has 88 valence electrons. The van der Waals surface area contributed by atoms with Gasteiger partial charge >= 0.3 is 0 Å². The van der Waals surface area contributed by atoms with Crippen LogP contribution < -0.4 is 5.32 Å². The minimum atomic E-state index is 0.863. The van der Waals surface area contributed by atoms with Crippen molar-refractivity contribution in [2.45, 2.75) is 37.7 Å². The van der Waals surface area contributed by atoms with E-state index in [0.29, 0.717) is 0 Å². The number of hydrogen-bond donors (Lipinski definition) is 1. The van der Waals surface area contributed by atoms with Crippen molar-refractivity contribution in [2.24, 2.45) is 0 Å². The second kappa shape index (κ2) is 5.74. The van der Waals surface area contributed by atoms with E-state index in [1.807, 2.05) is 0 Å². The molecule has 2 heteroatoms. The Hall–Kier alpha value is -0.470. The normalized spacial score (nSPS) is 17.6. The first kappa shape index (κ1) is 12.0. The number of thioether (sulfide) groups is 1. The second-order valence-electron chi connectivity index (χ2n) is 4.69. The van der Waals surface area contributed by atoms with Crippen molar-refractivity contribution < 1.29 is 0 Å². The average Bonchev–Trinajstić information content (AvgIpc) is 2.29. The number of hydrogen-bond acceptors (Lipinski definition) is 2. The summed E-state index contributed by atoms with van der Waals surface area (Å²) in [6.45, 7) is 6.79. The van der Waals surface area contributed by atoms with Crippen molar-refractivity contribution in [1.29, 1.82) is 0 Å². The molecule has 0 aliphatic carbocycles. The van der Waals surface area contributed by atoms with Gasteiger partial charge in [0.05, 0.1) is 0 Å². The second-order valence-corrected chi connectivity index (χ2v) is 5.98. The Labute approximate surface area is 103 Å². The van der Waals surface area contributed by atoms with Crippen LogP contribution in [-0.2, 0) is 5.75 Å². The summed E-state index contributed by atoms with van der Waals surface area (Å²) >= 11 is 2.13. The fourth-order valence-corrected chi connectivity index (χ4v) is 3.49. The van der Waals surface area contributed by atoms with Crippen LogP contribution >= 0.6 is 11.8 Å². The highest BCUT2D eigenvalue weighted by Crippen LogP contribution is 2.25. The van der Waals surface area contributed by atoms with E-state index in [0.717, 1.165) is 5.25 Å². The molecule has 0 radical (unpaired) electrons. The molecule has 0 atom stereocenters. The molecule has 1 nitrogen and oxygen atoms in total. The zero-order valence-electron chi connectivity index (χ0n) is 10.3. The number of nitrogens with one attached hydrogen (secondary N) is 1. The Morgan fingerprint density at radius 3 is 2.69 bits per heavy atom. The summed E-state index contributed by atoms with van der Waals surface area (Å²) < 4.78 is 0. The van der Waals surface area contributed by atoms with E-state index in [9.17, 15) is 0 Å². The molecule has 0 unspecified atom stereocenters. The minimum absolute atomic E-state index is 0.863. The molecule has 1 saturated heterocycles. The summed E-state index contributed by atoms with van der Waals surface area (Å²) in [4.78, 5) is 0. The first-order chi connectivity index (χ1) is 7.75. The van der Waals surface area contributed by atoms with Gasteiger partial charge in [0.2, 0.25) is 0 Å². The molecule has 0 amide bonds. The number of piperidine rings is 1. The van der Waals surface area contributed by atoms with E-state index in [1.54, 1.807) is 0 Å². The summed E-state index contributed by atoms with van der Waals surface area (Å²) in [5, 5.41) is 4.28. The SMILES string of the molecule is Cc1ccc(CSC2CCNCC2)c(C)c1. The van der Waals surface area contributed by atoms with Gasteiger partial charge in [-0.2, -0.15) is 11.8 Å². The third-order valence-corrected chi connectivity index (χ3v) is 4.68. The Morgan fingerprint density at radius 2 is 2.00 bits per heavy atom. The molecule has 1 fully saturated rings. The average molecular weight is 235 g/mol. The molecule has 0 aromatic heterocycles. The van der Waals surface area contributed by atoms with Crippen LogP contribution in [0.4, 0.5) is 0 Å². The van der Waals surface area contributed by atoms with Crippen LogP contribution in [0.25, 0.3) is 0 Å². The monoisotopic (exact) mass is 235 g/mol. The highest BCUT2D eigenvalue weighted by molar-refractivity contribution is 7.99. The molecule has 0 saturated carbocycles. The summed E-state index contributed by atoms with van der Waals surface area (Å²) in [6.07, 6.45) is 2.66. The number of rotatable bonds is 3. The molecular formula is C14H21NS. The molecule has 1 N–H and O–H groups in total. The van der Waals surface area contributed by atoms with Crippen LogP contribution in [0.2, 0.25) is 0 Å². The third-order valence-electron chi connectivity index (χ3n) is 3.26. The van der Waals surface area contributed by atoms with Crippen molar-refractivity contribution in [2.75, 3.05) is 13.1 Å². The van der Waals surface area contributed by atoms with E-state index in [4.69, 9.17) is 0 Å². The lowest BCUT2D eigenvalue weighted by Gasteiger charge is -2.22. The van der Waals surface area contributed by atoms with Crippen molar-refractivity contribution in [1.82, 2.24) is 5.32 Å². The van der Waals surface area contributed by atoms with Gasteiger partial charge in [0.1, 0.15) is 0 Å². The third kappa shape index (κ3) is 3.26. The van der Waals surface area contributed by atoms with E-state index in [1.165, 1.54) is 48.4 Å². The molecule has 1 aliphatic heterocycles. The lowest BCUT2D eigenvalue weighted by molar-refractivity contribution is 0.531. The zero-order valence-corrected chi connectivity index (χ0v) is 11.1. The molecular weight excluding hydrogens is 214 g/mol. The maximum Gasteiger partial charge on any atom is 0.0189 e. The summed E-state index contributed by atoms with van der Waals surface area (Å²) in [5.41, 5.74) is 4.32. The van der Waals surface area contributed by atoms with Gasteiger partial charge in [0.15, 0.2) is 0 Å². The van der Waals surface area contributed by atoms with E-state index in [-0.39, 0.29) is 0 Å². The van der Waals surface area contributed by atoms with Gasteiger partial charge in [-0.15, -0.1) is 0 Å². The lowest BCUT2D eigenvalue weighted by Crippen LogP contribution is -2.29. The van der Waals surface area contributed by atoms with Crippen LogP contribution in [0.1, 0.15) is 29.5 Å². The molecule has 1 aromatic carbocycles.